The summed E-state index contributed by atoms with van der Waals surface area (Å²) in [6, 6.07) is 7.59. The molecular formula is C19H20BrN3O4S2. The third-order valence-electron chi connectivity index (χ3n) is 4.47. The van der Waals surface area contributed by atoms with Crippen LogP contribution in [0.3, 0.4) is 0 Å². The van der Waals surface area contributed by atoms with Gasteiger partial charge in [0.15, 0.2) is 0 Å². The summed E-state index contributed by atoms with van der Waals surface area (Å²) in [5.74, 6) is -0.452. The molecule has 2 aliphatic heterocycles. The average molecular weight is 498 g/mol. The van der Waals surface area contributed by atoms with Gasteiger partial charge in [0.2, 0.25) is 5.91 Å². The number of amides is 3. The van der Waals surface area contributed by atoms with Gasteiger partial charge in [-0.2, -0.15) is 0 Å². The Morgan fingerprint density at radius 2 is 1.93 bits per heavy atom. The van der Waals surface area contributed by atoms with Crippen LogP contribution in [0.5, 0.6) is 0 Å². The molecular weight excluding hydrogens is 478 g/mol. The highest BCUT2D eigenvalue weighted by molar-refractivity contribution is 9.10. The van der Waals surface area contributed by atoms with Gasteiger partial charge in [0.1, 0.15) is 10.9 Å². The predicted octanol–water partition coefficient (Wildman–Crippen LogP) is 2.95. The second kappa shape index (κ2) is 9.73. The average Bonchev–Trinajstić information content (AvgIpc) is 2.95. The van der Waals surface area contributed by atoms with Crippen LogP contribution < -0.4 is 0 Å². The molecule has 2 aliphatic rings. The summed E-state index contributed by atoms with van der Waals surface area (Å²) in [7, 11) is 0. The number of thiocarbonyl (C=S) groups is 1. The molecule has 29 heavy (non-hydrogen) atoms. The van der Waals surface area contributed by atoms with E-state index in [1.807, 2.05) is 24.3 Å². The quantitative estimate of drug-likeness (QED) is 0.470. The van der Waals surface area contributed by atoms with Gasteiger partial charge in [-0.25, -0.2) is 4.79 Å². The Bertz CT molecular complexity index is 869. The van der Waals surface area contributed by atoms with Crippen LogP contribution >= 0.6 is 39.9 Å². The van der Waals surface area contributed by atoms with E-state index in [0.29, 0.717) is 42.0 Å². The molecule has 2 heterocycles. The molecule has 0 bridgehead atoms. The van der Waals surface area contributed by atoms with Crippen molar-refractivity contribution < 1.29 is 19.1 Å². The number of piperazine rings is 1. The number of hydrogen-bond donors (Lipinski definition) is 0. The first-order chi connectivity index (χ1) is 13.9. The van der Waals surface area contributed by atoms with Gasteiger partial charge in [-0.1, -0.05) is 52.0 Å². The first kappa shape index (κ1) is 21.8. The fourth-order valence-electron chi connectivity index (χ4n) is 2.97. The van der Waals surface area contributed by atoms with E-state index in [0.717, 1.165) is 10.0 Å². The number of halogens is 1. The van der Waals surface area contributed by atoms with Crippen molar-refractivity contribution >= 4 is 68.2 Å². The van der Waals surface area contributed by atoms with Crippen LogP contribution in [0.2, 0.25) is 0 Å². The maximum absolute atomic E-state index is 12.7. The first-order valence-electron chi connectivity index (χ1n) is 9.09. The summed E-state index contributed by atoms with van der Waals surface area (Å²) in [6.07, 6.45) is 1.40. The van der Waals surface area contributed by atoms with Crippen molar-refractivity contribution in [2.45, 2.75) is 6.92 Å². The number of carbonyl (C=O) groups is 3. The molecule has 0 radical (unpaired) electrons. The molecule has 2 saturated heterocycles. The topological polar surface area (TPSA) is 70.2 Å². The van der Waals surface area contributed by atoms with Gasteiger partial charge < -0.3 is 14.5 Å². The minimum atomic E-state index is -0.366. The number of ether oxygens (including phenoxy) is 1. The second-order valence-electron chi connectivity index (χ2n) is 6.39. The van der Waals surface area contributed by atoms with Crippen LogP contribution in [0.1, 0.15) is 12.5 Å². The molecule has 3 rings (SSSR count). The van der Waals surface area contributed by atoms with Crippen LogP contribution in [0.25, 0.3) is 6.08 Å². The van der Waals surface area contributed by atoms with Crippen molar-refractivity contribution in [2.24, 2.45) is 0 Å². The zero-order chi connectivity index (χ0) is 21.0. The Kier molecular flexibility index (Phi) is 7.31. The molecule has 3 amide bonds. The van der Waals surface area contributed by atoms with Crippen LogP contribution in [0, 0.1) is 0 Å². The highest BCUT2D eigenvalue weighted by atomic mass is 79.9. The van der Waals surface area contributed by atoms with Crippen molar-refractivity contribution in [1.82, 2.24) is 14.7 Å². The zero-order valence-corrected chi connectivity index (χ0v) is 19.0. The Balaban J connectivity index is 1.59. The smallest absolute Gasteiger partial charge is 0.409 e. The number of rotatable bonds is 4. The maximum atomic E-state index is 12.7. The van der Waals surface area contributed by atoms with E-state index in [1.165, 1.54) is 16.7 Å². The third kappa shape index (κ3) is 5.37. The highest BCUT2D eigenvalue weighted by Gasteiger charge is 2.35. The Labute approximate surface area is 187 Å². The van der Waals surface area contributed by atoms with E-state index in [-0.39, 0.29) is 24.5 Å². The van der Waals surface area contributed by atoms with Crippen LogP contribution in [0.15, 0.2) is 33.6 Å². The standard InChI is InChI=1S/C19H20BrN3O4S2/c1-2-27-18(26)22-8-6-21(7-9-22)16(24)12-23-17(25)15(29-19(23)28)11-13-4-3-5-14(20)10-13/h3-5,10-11H,2,6-9,12H2,1H3/b15-11-. The first-order valence-corrected chi connectivity index (χ1v) is 11.1. The van der Waals surface area contributed by atoms with Gasteiger partial charge in [-0.15, -0.1) is 0 Å². The normalized spacial score (nSPS) is 18.6. The number of carbonyl (C=O) groups excluding carboxylic acids is 3. The van der Waals surface area contributed by atoms with Gasteiger partial charge in [-0.3, -0.25) is 14.5 Å². The van der Waals surface area contributed by atoms with Gasteiger partial charge >= 0.3 is 6.09 Å². The minimum absolute atomic E-state index is 0.0973. The largest absolute Gasteiger partial charge is 0.450 e. The molecule has 0 unspecified atom stereocenters. The van der Waals surface area contributed by atoms with Gasteiger partial charge in [0.05, 0.1) is 11.5 Å². The summed E-state index contributed by atoms with van der Waals surface area (Å²) in [5, 5.41) is 0. The van der Waals surface area contributed by atoms with Crippen molar-refractivity contribution in [2.75, 3.05) is 39.3 Å². The zero-order valence-electron chi connectivity index (χ0n) is 15.8. The summed E-state index contributed by atoms with van der Waals surface area (Å²) < 4.78 is 6.27. The lowest BCUT2D eigenvalue weighted by molar-refractivity contribution is -0.136. The fraction of sp³-hybridized carbons (Fsp3) is 0.368. The van der Waals surface area contributed by atoms with E-state index in [2.05, 4.69) is 15.9 Å². The molecule has 0 saturated carbocycles. The molecule has 1 aromatic rings. The van der Waals surface area contributed by atoms with E-state index in [4.69, 9.17) is 17.0 Å². The Morgan fingerprint density at radius 1 is 1.24 bits per heavy atom. The second-order valence-corrected chi connectivity index (χ2v) is 8.98. The molecule has 1 aromatic carbocycles. The summed E-state index contributed by atoms with van der Waals surface area (Å²) in [6.45, 7) is 3.60. The molecule has 10 heteroatoms. The predicted molar refractivity (Wildman–Crippen MR) is 119 cm³/mol. The monoisotopic (exact) mass is 497 g/mol. The summed E-state index contributed by atoms with van der Waals surface area (Å²) >= 11 is 9.92. The van der Waals surface area contributed by atoms with E-state index >= 15 is 0 Å². The van der Waals surface area contributed by atoms with Crippen molar-refractivity contribution in [3.63, 3.8) is 0 Å². The van der Waals surface area contributed by atoms with Gasteiger partial charge in [0.25, 0.3) is 5.91 Å². The van der Waals surface area contributed by atoms with Crippen molar-refractivity contribution in [1.29, 1.82) is 0 Å². The maximum Gasteiger partial charge on any atom is 0.409 e. The molecule has 154 valence electrons. The van der Waals surface area contributed by atoms with Crippen LogP contribution in [0.4, 0.5) is 4.79 Å². The lowest BCUT2D eigenvalue weighted by atomic mass is 10.2. The molecule has 0 N–H and O–H groups in total. The lowest BCUT2D eigenvalue weighted by Gasteiger charge is -2.34. The number of hydrogen-bond acceptors (Lipinski definition) is 6. The van der Waals surface area contributed by atoms with Crippen molar-refractivity contribution in [3.05, 3.63) is 39.2 Å². The van der Waals surface area contributed by atoms with Crippen LogP contribution in [-0.4, -0.2) is 76.3 Å². The minimum Gasteiger partial charge on any atom is -0.450 e. The molecule has 0 aliphatic carbocycles. The molecule has 2 fully saturated rings. The van der Waals surface area contributed by atoms with Crippen molar-refractivity contribution in [3.8, 4) is 0 Å². The molecule has 0 atom stereocenters. The number of benzene rings is 1. The SMILES string of the molecule is CCOC(=O)N1CCN(C(=O)CN2C(=O)/C(=C/c3cccc(Br)c3)SC2=S)CC1. The molecule has 0 aromatic heterocycles. The van der Waals surface area contributed by atoms with E-state index < -0.39 is 0 Å². The third-order valence-corrected chi connectivity index (χ3v) is 6.34. The fourth-order valence-corrected chi connectivity index (χ4v) is 4.64. The highest BCUT2D eigenvalue weighted by Crippen LogP contribution is 2.32. The Hall–Kier alpha value is -1.91. The summed E-state index contributed by atoms with van der Waals surface area (Å²) in [5.41, 5.74) is 0.876. The number of thioether (sulfide) groups is 1. The van der Waals surface area contributed by atoms with Gasteiger partial charge in [-0.05, 0) is 30.7 Å². The van der Waals surface area contributed by atoms with E-state index in [1.54, 1.807) is 22.8 Å². The summed E-state index contributed by atoms with van der Waals surface area (Å²) in [4.78, 5) is 42.2. The Morgan fingerprint density at radius 3 is 2.59 bits per heavy atom. The van der Waals surface area contributed by atoms with Crippen LogP contribution in [-0.2, 0) is 14.3 Å². The van der Waals surface area contributed by atoms with E-state index in [9.17, 15) is 14.4 Å². The molecule has 7 nitrogen and oxygen atoms in total. The van der Waals surface area contributed by atoms with Gasteiger partial charge in [0, 0.05) is 30.7 Å². The lowest BCUT2D eigenvalue weighted by Crippen LogP contribution is -2.53. The number of nitrogens with zero attached hydrogens (tertiary/aromatic N) is 3. The molecule has 0 spiro atoms.